The van der Waals surface area contributed by atoms with Gasteiger partial charge in [0.15, 0.2) is 0 Å². The molecule has 1 aliphatic heterocycles. The van der Waals surface area contributed by atoms with Crippen LogP contribution in [-0.2, 0) is 4.79 Å². The summed E-state index contributed by atoms with van der Waals surface area (Å²) in [6.07, 6.45) is 4.66. The Kier molecular flexibility index (Phi) is 5.30. The maximum Gasteiger partial charge on any atom is 0.274 e. The maximum atomic E-state index is 12.6. The third-order valence-electron chi connectivity index (χ3n) is 4.85. The third kappa shape index (κ3) is 4.07. The Morgan fingerprint density at radius 2 is 1.92 bits per heavy atom. The summed E-state index contributed by atoms with van der Waals surface area (Å²) in [6, 6.07) is 5.88. The maximum absolute atomic E-state index is 12.6. The Morgan fingerprint density at radius 3 is 2.62 bits per heavy atom. The molecule has 1 aromatic heterocycles. The monoisotopic (exact) mass is 352 g/mol. The summed E-state index contributed by atoms with van der Waals surface area (Å²) in [4.78, 5) is 35.2. The van der Waals surface area contributed by atoms with Crippen molar-refractivity contribution < 1.29 is 9.59 Å². The van der Waals surface area contributed by atoms with Gasteiger partial charge in [0.05, 0.1) is 17.8 Å². The van der Waals surface area contributed by atoms with Crippen LogP contribution in [0, 0.1) is 26.7 Å². The molecule has 1 fully saturated rings. The minimum absolute atomic E-state index is 0.0410. The van der Waals surface area contributed by atoms with E-state index in [4.69, 9.17) is 0 Å². The van der Waals surface area contributed by atoms with Crippen LogP contribution in [0.1, 0.15) is 40.2 Å². The third-order valence-corrected chi connectivity index (χ3v) is 4.85. The molecule has 0 saturated carbocycles. The highest BCUT2D eigenvalue weighted by Crippen LogP contribution is 2.21. The van der Waals surface area contributed by atoms with E-state index in [1.54, 1.807) is 11.1 Å². The Balaban J connectivity index is 1.65. The predicted molar refractivity (Wildman–Crippen MR) is 99.9 cm³/mol. The van der Waals surface area contributed by atoms with Crippen LogP contribution in [0.15, 0.2) is 30.6 Å². The number of aromatic nitrogens is 2. The van der Waals surface area contributed by atoms with E-state index < -0.39 is 0 Å². The summed E-state index contributed by atoms with van der Waals surface area (Å²) in [6.45, 7) is 6.94. The van der Waals surface area contributed by atoms with E-state index in [1.165, 1.54) is 11.8 Å². The number of hydrogen-bond donors (Lipinski definition) is 1. The van der Waals surface area contributed by atoms with Gasteiger partial charge in [-0.05, 0) is 56.9 Å². The number of carbonyl (C=O) groups excluding carboxylic acids is 2. The van der Waals surface area contributed by atoms with E-state index in [2.05, 4.69) is 15.3 Å². The number of hydrogen-bond acceptors (Lipinski definition) is 4. The summed E-state index contributed by atoms with van der Waals surface area (Å²) < 4.78 is 0. The van der Waals surface area contributed by atoms with Crippen LogP contribution in [-0.4, -0.2) is 39.8 Å². The molecule has 0 spiro atoms. The molecule has 2 heterocycles. The summed E-state index contributed by atoms with van der Waals surface area (Å²) in [7, 11) is 0. The Morgan fingerprint density at radius 1 is 1.12 bits per heavy atom. The average Bonchev–Trinajstić information content (AvgIpc) is 2.65. The Hall–Kier alpha value is -2.76. The fourth-order valence-electron chi connectivity index (χ4n) is 3.10. The van der Waals surface area contributed by atoms with Crippen LogP contribution in [0.5, 0.6) is 0 Å². The van der Waals surface area contributed by atoms with Crippen molar-refractivity contribution in [2.24, 2.45) is 5.92 Å². The van der Waals surface area contributed by atoms with E-state index in [0.717, 1.165) is 29.8 Å². The second kappa shape index (κ2) is 7.64. The highest BCUT2D eigenvalue weighted by Gasteiger charge is 2.29. The number of nitrogens with one attached hydrogen (secondary N) is 1. The first-order valence-corrected chi connectivity index (χ1v) is 8.90. The van der Waals surface area contributed by atoms with Crippen molar-refractivity contribution in [1.82, 2.24) is 14.9 Å². The zero-order valence-electron chi connectivity index (χ0n) is 15.5. The molecule has 1 aromatic carbocycles. The van der Waals surface area contributed by atoms with Gasteiger partial charge in [-0.3, -0.25) is 14.6 Å². The lowest BCUT2D eigenvalue weighted by Gasteiger charge is -2.31. The van der Waals surface area contributed by atoms with Crippen LogP contribution in [0.2, 0.25) is 0 Å². The Labute approximate surface area is 153 Å². The highest BCUT2D eigenvalue weighted by atomic mass is 16.2. The van der Waals surface area contributed by atoms with Crippen molar-refractivity contribution in [3.05, 3.63) is 53.1 Å². The number of likely N-dealkylation sites (tertiary alicyclic amines) is 1. The minimum atomic E-state index is -0.215. The lowest BCUT2D eigenvalue weighted by atomic mass is 9.96. The van der Waals surface area contributed by atoms with Crippen molar-refractivity contribution >= 4 is 17.5 Å². The molecule has 1 unspecified atom stereocenters. The van der Waals surface area contributed by atoms with Crippen LogP contribution < -0.4 is 5.32 Å². The largest absolute Gasteiger partial charge is 0.336 e. The van der Waals surface area contributed by atoms with Crippen molar-refractivity contribution in [2.45, 2.75) is 33.6 Å². The van der Waals surface area contributed by atoms with E-state index in [-0.39, 0.29) is 17.7 Å². The Bertz CT molecular complexity index is 817. The summed E-state index contributed by atoms with van der Waals surface area (Å²) in [5.74, 6) is -0.422. The second-order valence-electron chi connectivity index (χ2n) is 6.92. The van der Waals surface area contributed by atoms with Gasteiger partial charge in [0, 0.05) is 25.0 Å². The quantitative estimate of drug-likeness (QED) is 0.922. The van der Waals surface area contributed by atoms with E-state index in [0.29, 0.717) is 18.8 Å². The lowest BCUT2D eigenvalue weighted by molar-refractivity contribution is -0.121. The van der Waals surface area contributed by atoms with Gasteiger partial charge in [-0.25, -0.2) is 4.98 Å². The normalized spacial score (nSPS) is 17.0. The average molecular weight is 352 g/mol. The molecule has 1 N–H and O–H groups in total. The standard InChI is InChI=1S/C20H24N4O2/c1-13-6-7-17(9-14(13)2)23-19(25)16-5-4-8-24(12-16)20(26)18-11-21-15(3)10-22-18/h6-7,9-11,16H,4-5,8,12H2,1-3H3,(H,23,25). The lowest BCUT2D eigenvalue weighted by Crippen LogP contribution is -2.44. The summed E-state index contributed by atoms with van der Waals surface area (Å²) >= 11 is 0. The number of anilines is 1. The molecule has 6 heteroatoms. The van der Waals surface area contributed by atoms with Crippen molar-refractivity contribution in [3.8, 4) is 0 Å². The van der Waals surface area contributed by atoms with Crippen molar-refractivity contribution in [2.75, 3.05) is 18.4 Å². The van der Waals surface area contributed by atoms with Gasteiger partial charge in [0.1, 0.15) is 5.69 Å². The molecule has 6 nitrogen and oxygen atoms in total. The van der Waals surface area contributed by atoms with E-state index in [1.807, 2.05) is 39.0 Å². The van der Waals surface area contributed by atoms with E-state index in [9.17, 15) is 9.59 Å². The molecule has 1 atom stereocenters. The van der Waals surface area contributed by atoms with Crippen molar-refractivity contribution in [3.63, 3.8) is 0 Å². The van der Waals surface area contributed by atoms with Crippen LogP contribution in [0.25, 0.3) is 0 Å². The molecule has 2 aromatic rings. The molecule has 26 heavy (non-hydrogen) atoms. The number of benzene rings is 1. The SMILES string of the molecule is Cc1cnc(C(=O)N2CCCC(C(=O)Nc3ccc(C)c(C)c3)C2)cn1. The van der Waals surface area contributed by atoms with Gasteiger partial charge in [-0.1, -0.05) is 6.07 Å². The van der Waals surface area contributed by atoms with Crippen LogP contribution in [0.3, 0.4) is 0 Å². The fraction of sp³-hybridized carbons (Fsp3) is 0.400. The summed E-state index contributed by atoms with van der Waals surface area (Å²) in [5.41, 5.74) is 4.22. The number of piperidine rings is 1. The molecule has 0 radical (unpaired) electrons. The predicted octanol–water partition coefficient (Wildman–Crippen LogP) is 2.89. The van der Waals surface area contributed by atoms with Gasteiger partial charge in [-0.15, -0.1) is 0 Å². The number of nitrogens with zero attached hydrogens (tertiary/aromatic N) is 3. The molecule has 1 saturated heterocycles. The van der Waals surface area contributed by atoms with E-state index >= 15 is 0 Å². The minimum Gasteiger partial charge on any atom is -0.336 e. The van der Waals surface area contributed by atoms with Crippen LogP contribution >= 0.6 is 0 Å². The van der Waals surface area contributed by atoms with Gasteiger partial charge in [-0.2, -0.15) is 0 Å². The molecule has 2 amide bonds. The number of aryl methyl sites for hydroxylation is 3. The van der Waals surface area contributed by atoms with Gasteiger partial charge in [0.25, 0.3) is 5.91 Å². The number of amides is 2. The fourth-order valence-corrected chi connectivity index (χ4v) is 3.10. The zero-order chi connectivity index (χ0) is 18.7. The molecule has 136 valence electrons. The zero-order valence-corrected chi connectivity index (χ0v) is 15.5. The molecule has 1 aliphatic rings. The summed E-state index contributed by atoms with van der Waals surface area (Å²) in [5, 5.41) is 2.98. The molecular formula is C20H24N4O2. The molecular weight excluding hydrogens is 328 g/mol. The smallest absolute Gasteiger partial charge is 0.274 e. The molecule has 0 aliphatic carbocycles. The van der Waals surface area contributed by atoms with Crippen molar-refractivity contribution in [1.29, 1.82) is 0 Å². The number of rotatable bonds is 3. The first-order chi connectivity index (χ1) is 12.4. The molecule has 3 rings (SSSR count). The second-order valence-corrected chi connectivity index (χ2v) is 6.92. The topological polar surface area (TPSA) is 75.2 Å². The van der Waals surface area contributed by atoms with Gasteiger partial charge >= 0.3 is 0 Å². The van der Waals surface area contributed by atoms with Gasteiger partial charge in [0.2, 0.25) is 5.91 Å². The van der Waals surface area contributed by atoms with Gasteiger partial charge < -0.3 is 10.2 Å². The number of carbonyl (C=O) groups is 2. The van der Waals surface area contributed by atoms with Crippen LogP contribution in [0.4, 0.5) is 5.69 Å². The highest BCUT2D eigenvalue weighted by molar-refractivity contribution is 5.95. The first-order valence-electron chi connectivity index (χ1n) is 8.90. The molecule has 0 bridgehead atoms. The first kappa shape index (κ1) is 18.0.